The number of anilines is 2. The SMILES string of the molecule is CCOCc1nc(NC)cc(NCc2ccncn2)n1. The van der Waals surface area contributed by atoms with Crippen molar-refractivity contribution < 1.29 is 4.74 Å². The molecule has 7 heteroatoms. The molecular formula is C13H18N6O. The molecule has 2 aromatic rings. The fourth-order valence-electron chi connectivity index (χ4n) is 1.58. The zero-order valence-corrected chi connectivity index (χ0v) is 11.6. The number of ether oxygens (including phenoxy) is 1. The topological polar surface area (TPSA) is 84.9 Å². The minimum absolute atomic E-state index is 0.397. The minimum Gasteiger partial charge on any atom is -0.374 e. The first-order chi connectivity index (χ1) is 9.81. The third kappa shape index (κ3) is 4.13. The van der Waals surface area contributed by atoms with Gasteiger partial charge in [-0.2, -0.15) is 0 Å². The zero-order chi connectivity index (χ0) is 14.2. The van der Waals surface area contributed by atoms with Gasteiger partial charge in [0.05, 0.1) is 12.2 Å². The molecule has 2 N–H and O–H groups in total. The molecular weight excluding hydrogens is 256 g/mol. The molecule has 0 bridgehead atoms. The number of hydrogen-bond acceptors (Lipinski definition) is 7. The monoisotopic (exact) mass is 274 g/mol. The molecule has 0 aliphatic rings. The number of aromatic nitrogens is 4. The van der Waals surface area contributed by atoms with E-state index in [-0.39, 0.29) is 0 Å². The van der Waals surface area contributed by atoms with Gasteiger partial charge in [0.2, 0.25) is 0 Å². The second-order valence-corrected chi connectivity index (χ2v) is 4.00. The van der Waals surface area contributed by atoms with E-state index in [0.29, 0.717) is 25.6 Å². The maximum atomic E-state index is 5.34. The van der Waals surface area contributed by atoms with Crippen molar-refractivity contribution in [2.24, 2.45) is 0 Å². The first kappa shape index (κ1) is 14.1. The van der Waals surface area contributed by atoms with Crippen LogP contribution in [0.2, 0.25) is 0 Å². The van der Waals surface area contributed by atoms with Gasteiger partial charge in [0.15, 0.2) is 5.82 Å². The summed E-state index contributed by atoms with van der Waals surface area (Å²) in [6.07, 6.45) is 3.24. The summed E-state index contributed by atoms with van der Waals surface area (Å²) in [5, 5.41) is 6.23. The Labute approximate surface area is 117 Å². The van der Waals surface area contributed by atoms with E-state index in [0.717, 1.165) is 17.3 Å². The lowest BCUT2D eigenvalue weighted by Gasteiger charge is -2.09. The van der Waals surface area contributed by atoms with Crippen molar-refractivity contribution in [2.75, 3.05) is 24.3 Å². The Kier molecular flexibility index (Phi) is 5.19. The summed E-state index contributed by atoms with van der Waals surface area (Å²) in [7, 11) is 1.82. The van der Waals surface area contributed by atoms with Gasteiger partial charge in [-0.1, -0.05) is 0 Å². The molecule has 0 fully saturated rings. The molecule has 0 aliphatic heterocycles. The summed E-state index contributed by atoms with van der Waals surface area (Å²) in [6.45, 7) is 3.55. The highest BCUT2D eigenvalue weighted by Crippen LogP contribution is 2.12. The fourth-order valence-corrected chi connectivity index (χ4v) is 1.58. The molecule has 0 aromatic carbocycles. The quantitative estimate of drug-likeness (QED) is 0.790. The average Bonchev–Trinajstić information content (AvgIpc) is 2.51. The Hall–Kier alpha value is -2.28. The van der Waals surface area contributed by atoms with E-state index in [4.69, 9.17) is 4.74 Å². The molecule has 0 unspecified atom stereocenters. The molecule has 0 amide bonds. The Morgan fingerprint density at radius 3 is 2.80 bits per heavy atom. The van der Waals surface area contributed by atoms with Crippen LogP contribution in [0.5, 0.6) is 0 Å². The zero-order valence-electron chi connectivity index (χ0n) is 11.6. The Balaban J connectivity index is 2.06. The largest absolute Gasteiger partial charge is 0.374 e. The number of rotatable bonds is 7. The number of nitrogens with zero attached hydrogens (tertiary/aromatic N) is 4. The van der Waals surface area contributed by atoms with Gasteiger partial charge in [0, 0.05) is 25.9 Å². The highest BCUT2D eigenvalue weighted by atomic mass is 16.5. The summed E-state index contributed by atoms with van der Waals surface area (Å²) in [6, 6.07) is 3.70. The van der Waals surface area contributed by atoms with Crippen molar-refractivity contribution in [2.45, 2.75) is 20.1 Å². The first-order valence-electron chi connectivity index (χ1n) is 6.44. The van der Waals surface area contributed by atoms with Crippen molar-refractivity contribution in [3.05, 3.63) is 36.2 Å². The van der Waals surface area contributed by atoms with E-state index in [9.17, 15) is 0 Å². The molecule has 0 saturated carbocycles. The molecule has 2 heterocycles. The maximum absolute atomic E-state index is 5.34. The molecule has 0 aliphatic carbocycles. The molecule has 0 saturated heterocycles. The second kappa shape index (κ2) is 7.34. The lowest BCUT2D eigenvalue weighted by atomic mass is 10.4. The van der Waals surface area contributed by atoms with E-state index >= 15 is 0 Å². The summed E-state index contributed by atoms with van der Waals surface area (Å²) < 4.78 is 5.34. The Bertz CT molecular complexity index is 534. The predicted molar refractivity (Wildman–Crippen MR) is 76.3 cm³/mol. The van der Waals surface area contributed by atoms with Gasteiger partial charge in [-0.15, -0.1) is 0 Å². The first-order valence-corrected chi connectivity index (χ1v) is 6.44. The summed E-state index contributed by atoms with van der Waals surface area (Å²) in [4.78, 5) is 16.8. The predicted octanol–water partition coefficient (Wildman–Crippen LogP) is 1.46. The number of hydrogen-bond donors (Lipinski definition) is 2. The Morgan fingerprint density at radius 2 is 2.10 bits per heavy atom. The minimum atomic E-state index is 0.397. The van der Waals surface area contributed by atoms with Crippen LogP contribution in [0.15, 0.2) is 24.7 Å². The molecule has 0 spiro atoms. The maximum Gasteiger partial charge on any atom is 0.158 e. The van der Waals surface area contributed by atoms with Crippen LogP contribution in [0.1, 0.15) is 18.4 Å². The smallest absolute Gasteiger partial charge is 0.158 e. The van der Waals surface area contributed by atoms with Crippen LogP contribution >= 0.6 is 0 Å². The van der Waals surface area contributed by atoms with Crippen LogP contribution in [-0.4, -0.2) is 33.6 Å². The third-order valence-corrected chi connectivity index (χ3v) is 2.56. The van der Waals surface area contributed by atoms with E-state index in [2.05, 4.69) is 30.6 Å². The normalized spacial score (nSPS) is 10.3. The van der Waals surface area contributed by atoms with Crippen LogP contribution in [0.3, 0.4) is 0 Å². The van der Waals surface area contributed by atoms with Gasteiger partial charge in [-0.05, 0) is 13.0 Å². The van der Waals surface area contributed by atoms with Gasteiger partial charge in [0.25, 0.3) is 0 Å². The van der Waals surface area contributed by atoms with Crippen LogP contribution in [0.4, 0.5) is 11.6 Å². The van der Waals surface area contributed by atoms with Gasteiger partial charge >= 0.3 is 0 Å². The molecule has 0 atom stereocenters. The summed E-state index contributed by atoms with van der Waals surface area (Å²) in [5.74, 6) is 2.13. The van der Waals surface area contributed by atoms with E-state index in [1.54, 1.807) is 6.20 Å². The van der Waals surface area contributed by atoms with Crippen LogP contribution in [-0.2, 0) is 17.9 Å². The van der Waals surface area contributed by atoms with Crippen molar-refractivity contribution in [3.63, 3.8) is 0 Å². The van der Waals surface area contributed by atoms with Crippen LogP contribution in [0, 0.1) is 0 Å². The van der Waals surface area contributed by atoms with Gasteiger partial charge in [-0.3, -0.25) is 0 Å². The van der Waals surface area contributed by atoms with E-state index < -0.39 is 0 Å². The molecule has 2 rings (SSSR count). The van der Waals surface area contributed by atoms with Crippen molar-refractivity contribution in [3.8, 4) is 0 Å². The average molecular weight is 274 g/mol. The Morgan fingerprint density at radius 1 is 1.25 bits per heavy atom. The van der Waals surface area contributed by atoms with Crippen molar-refractivity contribution >= 4 is 11.6 Å². The molecule has 7 nitrogen and oxygen atoms in total. The van der Waals surface area contributed by atoms with Crippen LogP contribution < -0.4 is 10.6 Å². The molecule has 20 heavy (non-hydrogen) atoms. The number of nitrogens with one attached hydrogen (secondary N) is 2. The van der Waals surface area contributed by atoms with Crippen molar-refractivity contribution in [1.29, 1.82) is 0 Å². The summed E-state index contributed by atoms with van der Waals surface area (Å²) >= 11 is 0. The third-order valence-electron chi connectivity index (χ3n) is 2.56. The van der Waals surface area contributed by atoms with Gasteiger partial charge in [0.1, 0.15) is 24.6 Å². The van der Waals surface area contributed by atoms with Gasteiger partial charge < -0.3 is 15.4 Å². The lowest BCUT2D eigenvalue weighted by Crippen LogP contribution is -2.08. The fraction of sp³-hybridized carbons (Fsp3) is 0.385. The van der Waals surface area contributed by atoms with Crippen LogP contribution in [0.25, 0.3) is 0 Å². The summed E-state index contributed by atoms with van der Waals surface area (Å²) in [5.41, 5.74) is 0.899. The standard InChI is InChI=1S/C13H18N6O/c1-3-20-8-13-18-11(14-2)6-12(19-13)16-7-10-4-5-15-9-17-10/h4-6,9H,3,7-8H2,1-2H3,(H2,14,16,18,19). The second-order valence-electron chi connectivity index (χ2n) is 4.00. The lowest BCUT2D eigenvalue weighted by molar-refractivity contribution is 0.128. The highest BCUT2D eigenvalue weighted by Gasteiger charge is 2.04. The van der Waals surface area contributed by atoms with E-state index in [1.165, 1.54) is 6.33 Å². The molecule has 2 aromatic heterocycles. The highest BCUT2D eigenvalue weighted by molar-refractivity contribution is 5.47. The van der Waals surface area contributed by atoms with Gasteiger partial charge in [-0.25, -0.2) is 19.9 Å². The van der Waals surface area contributed by atoms with Crippen molar-refractivity contribution in [1.82, 2.24) is 19.9 Å². The molecule has 106 valence electrons. The molecule has 0 radical (unpaired) electrons. The van der Waals surface area contributed by atoms with E-state index in [1.807, 2.05) is 26.1 Å².